The summed E-state index contributed by atoms with van der Waals surface area (Å²) in [5, 5.41) is 2.58. The normalized spacial score (nSPS) is 19.0. The van der Waals surface area contributed by atoms with E-state index in [9.17, 15) is 19.2 Å². The maximum atomic E-state index is 15.6. The summed E-state index contributed by atoms with van der Waals surface area (Å²) >= 11 is 0. The Morgan fingerprint density at radius 1 is 0.821 bits per heavy atom. The highest BCUT2D eigenvalue weighted by Crippen LogP contribution is 2.35. The van der Waals surface area contributed by atoms with E-state index in [2.05, 4.69) is 35.2 Å². The summed E-state index contributed by atoms with van der Waals surface area (Å²) in [7, 11) is 4.09. The molecule has 4 amide bonds. The fourth-order valence-corrected chi connectivity index (χ4v) is 7.05. The summed E-state index contributed by atoms with van der Waals surface area (Å²) < 4.78 is 36.0. The largest absolute Gasteiger partial charge is 0.453 e. The van der Waals surface area contributed by atoms with Gasteiger partial charge in [-0.05, 0) is 51.7 Å². The molecule has 2 saturated heterocycles. The number of primary amides is 1. The monoisotopic (exact) mass is 776 g/mol. The SMILES string of the molecule is COC(=O)N[C@H](C(=O)N1CCCC1c1ncc(-c2cnc(-c3ccc(-c4cnc(C5CCCN5C(=O)[C@@H](OC(N)=O)[C@@H](C)OC)[nH]4)c(F)c3)nc2)[nH]1)[C@@H](C)OC. The van der Waals surface area contributed by atoms with Crippen molar-refractivity contribution in [2.45, 2.75) is 76.0 Å². The second-order valence-corrected chi connectivity index (χ2v) is 13.6. The third kappa shape index (κ3) is 8.32. The number of aromatic amines is 2. The summed E-state index contributed by atoms with van der Waals surface area (Å²) in [6.07, 6.45) is 4.67. The van der Waals surface area contributed by atoms with Crippen molar-refractivity contribution in [2.24, 2.45) is 5.73 Å². The van der Waals surface area contributed by atoms with Gasteiger partial charge in [-0.3, -0.25) is 9.59 Å². The van der Waals surface area contributed by atoms with Crippen molar-refractivity contribution in [2.75, 3.05) is 34.4 Å². The van der Waals surface area contributed by atoms with Gasteiger partial charge in [0.05, 0.1) is 49.1 Å². The maximum absolute atomic E-state index is 15.6. The number of nitrogens with one attached hydrogen (secondary N) is 3. The molecule has 298 valence electrons. The van der Waals surface area contributed by atoms with Crippen LogP contribution in [0.25, 0.3) is 33.9 Å². The maximum Gasteiger partial charge on any atom is 0.407 e. The molecule has 19 heteroatoms. The lowest BCUT2D eigenvalue weighted by atomic mass is 10.1. The van der Waals surface area contributed by atoms with Gasteiger partial charge < -0.3 is 49.8 Å². The van der Waals surface area contributed by atoms with Crippen molar-refractivity contribution in [1.29, 1.82) is 0 Å². The number of aromatic nitrogens is 6. The van der Waals surface area contributed by atoms with Crippen LogP contribution >= 0.6 is 0 Å². The third-order valence-electron chi connectivity index (χ3n) is 10.2. The molecule has 6 atom stereocenters. The lowest BCUT2D eigenvalue weighted by Crippen LogP contribution is -2.54. The molecule has 5 N–H and O–H groups in total. The lowest BCUT2D eigenvalue weighted by Gasteiger charge is -2.30. The molecule has 56 heavy (non-hydrogen) atoms. The predicted molar refractivity (Wildman–Crippen MR) is 197 cm³/mol. The highest BCUT2D eigenvalue weighted by Gasteiger charge is 2.40. The number of hydrogen-bond donors (Lipinski definition) is 4. The van der Waals surface area contributed by atoms with Crippen LogP contribution in [0.1, 0.15) is 63.3 Å². The number of alkyl carbamates (subject to hydrolysis) is 1. The minimum atomic E-state index is -1.23. The number of halogens is 1. The van der Waals surface area contributed by atoms with Gasteiger partial charge in [0.2, 0.25) is 12.0 Å². The molecule has 0 spiro atoms. The number of hydrogen-bond acceptors (Lipinski definition) is 12. The second-order valence-electron chi connectivity index (χ2n) is 13.6. The van der Waals surface area contributed by atoms with Crippen molar-refractivity contribution < 1.29 is 42.5 Å². The molecule has 5 heterocycles. The number of likely N-dealkylation sites (tertiary alicyclic amines) is 2. The van der Waals surface area contributed by atoms with E-state index in [1.807, 2.05) is 0 Å². The Morgan fingerprint density at radius 2 is 1.41 bits per heavy atom. The minimum Gasteiger partial charge on any atom is -0.453 e. The van der Waals surface area contributed by atoms with Gasteiger partial charge in [-0.25, -0.2) is 33.9 Å². The standard InChI is InChI=1S/C37H45FN10O8/c1-19(53-3)29(46-37(52)55-5)34(49)47-12-6-8-27(47)32-42-17-25(44-32)22-15-40-31(41-16-22)21-10-11-23(24(38)14-21)26-18-43-33(45-26)28-9-7-13-48(28)35(50)30(20(2)54-4)56-36(39)51/h10-11,14-20,27-30H,6-9,12-13H2,1-5H3,(H2,39,51)(H,42,44)(H,43,45)(H,46,52)/t19-,20-,27?,28?,29+,30+/m1/s1. The van der Waals surface area contributed by atoms with E-state index >= 15 is 4.39 Å². The van der Waals surface area contributed by atoms with Crippen LogP contribution in [0.3, 0.4) is 0 Å². The van der Waals surface area contributed by atoms with Gasteiger partial charge in [0.1, 0.15) is 29.6 Å². The van der Waals surface area contributed by atoms with Crippen molar-refractivity contribution in [3.8, 4) is 33.9 Å². The number of imidazole rings is 2. The number of nitrogens with two attached hydrogens (primary N) is 1. The van der Waals surface area contributed by atoms with Crippen molar-refractivity contribution in [1.82, 2.24) is 45.0 Å². The topological polar surface area (TPSA) is 233 Å². The number of ether oxygens (including phenoxy) is 4. The molecule has 3 aromatic heterocycles. The molecule has 1 aromatic carbocycles. The van der Waals surface area contributed by atoms with E-state index < -0.39 is 54.3 Å². The van der Waals surface area contributed by atoms with Gasteiger partial charge in [0, 0.05) is 56.4 Å². The van der Waals surface area contributed by atoms with E-state index in [-0.39, 0.29) is 17.5 Å². The fourth-order valence-electron chi connectivity index (χ4n) is 7.05. The number of rotatable bonds is 13. The molecule has 0 bridgehead atoms. The number of methoxy groups -OCH3 is 3. The molecule has 2 unspecified atom stereocenters. The van der Waals surface area contributed by atoms with E-state index in [0.29, 0.717) is 72.3 Å². The van der Waals surface area contributed by atoms with Crippen LogP contribution < -0.4 is 11.1 Å². The molecule has 4 aromatic rings. The van der Waals surface area contributed by atoms with Crippen LogP contribution in [0.2, 0.25) is 0 Å². The molecule has 0 aliphatic carbocycles. The number of carbonyl (C=O) groups is 4. The molecule has 2 aliphatic heterocycles. The second kappa shape index (κ2) is 17.2. The Balaban J connectivity index is 1.13. The minimum absolute atomic E-state index is 0.261. The van der Waals surface area contributed by atoms with Gasteiger partial charge in [0.15, 0.2) is 5.82 Å². The Bertz CT molecular complexity index is 2040. The van der Waals surface area contributed by atoms with Crippen LogP contribution in [0.5, 0.6) is 0 Å². The van der Waals surface area contributed by atoms with E-state index in [1.165, 1.54) is 33.6 Å². The Kier molecular flexibility index (Phi) is 12.2. The fraction of sp³-hybridized carbons (Fsp3) is 0.459. The first-order valence-electron chi connectivity index (χ1n) is 18.1. The van der Waals surface area contributed by atoms with Crippen LogP contribution in [-0.2, 0) is 28.5 Å². The summed E-state index contributed by atoms with van der Waals surface area (Å²) in [6, 6.07) is 2.88. The lowest BCUT2D eigenvalue weighted by molar-refractivity contribution is -0.148. The summed E-state index contributed by atoms with van der Waals surface area (Å²) in [6.45, 7) is 4.19. The highest BCUT2D eigenvalue weighted by molar-refractivity contribution is 5.87. The van der Waals surface area contributed by atoms with Crippen LogP contribution in [0.15, 0.2) is 43.0 Å². The molecule has 18 nitrogen and oxygen atoms in total. The van der Waals surface area contributed by atoms with Crippen molar-refractivity contribution >= 4 is 24.0 Å². The highest BCUT2D eigenvalue weighted by atomic mass is 19.1. The first-order chi connectivity index (χ1) is 26.9. The predicted octanol–water partition coefficient (Wildman–Crippen LogP) is 3.65. The smallest absolute Gasteiger partial charge is 0.407 e. The molecule has 6 rings (SSSR count). The zero-order valence-electron chi connectivity index (χ0n) is 31.7. The number of H-pyrrole nitrogens is 2. The summed E-state index contributed by atoms with van der Waals surface area (Å²) in [5.41, 5.74) is 7.59. The van der Waals surface area contributed by atoms with Crippen molar-refractivity contribution in [3.63, 3.8) is 0 Å². The average molecular weight is 777 g/mol. The molecular formula is C37H45FN10O8. The summed E-state index contributed by atoms with van der Waals surface area (Å²) in [5.74, 6) is 0.0311. The molecular weight excluding hydrogens is 731 g/mol. The Labute approximate surface area is 321 Å². The van der Waals surface area contributed by atoms with Crippen LogP contribution in [0, 0.1) is 5.82 Å². The Hall–Kier alpha value is -5.95. The molecule has 2 fully saturated rings. The first kappa shape index (κ1) is 39.7. The summed E-state index contributed by atoms with van der Waals surface area (Å²) in [4.78, 5) is 78.1. The van der Waals surface area contributed by atoms with E-state index in [0.717, 1.165) is 6.42 Å². The molecule has 2 aliphatic rings. The van der Waals surface area contributed by atoms with Gasteiger partial charge in [0.25, 0.3) is 5.91 Å². The average Bonchev–Trinajstić information content (AvgIpc) is 4.05. The Morgan fingerprint density at radius 3 is 1.98 bits per heavy atom. The number of amides is 4. The van der Waals surface area contributed by atoms with E-state index in [4.69, 9.17) is 24.7 Å². The quantitative estimate of drug-likeness (QED) is 0.152. The van der Waals surface area contributed by atoms with Gasteiger partial charge in [-0.2, -0.15) is 0 Å². The van der Waals surface area contributed by atoms with Crippen molar-refractivity contribution in [3.05, 3.63) is 60.5 Å². The molecule has 0 radical (unpaired) electrons. The van der Waals surface area contributed by atoms with Crippen LogP contribution in [-0.4, -0.2) is 122 Å². The van der Waals surface area contributed by atoms with Gasteiger partial charge >= 0.3 is 12.2 Å². The number of carbonyl (C=O) groups excluding carboxylic acids is 4. The van der Waals surface area contributed by atoms with E-state index in [1.54, 1.807) is 54.4 Å². The van der Waals surface area contributed by atoms with Crippen LogP contribution in [0.4, 0.5) is 14.0 Å². The third-order valence-corrected chi connectivity index (χ3v) is 10.2. The molecule has 0 saturated carbocycles. The van der Waals surface area contributed by atoms with Gasteiger partial charge in [-0.15, -0.1) is 0 Å². The van der Waals surface area contributed by atoms with Gasteiger partial charge in [-0.1, -0.05) is 6.07 Å². The zero-order chi connectivity index (χ0) is 40.1. The number of benzene rings is 1. The zero-order valence-corrected chi connectivity index (χ0v) is 31.7. The first-order valence-corrected chi connectivity index (χ1v) is 18.1. The number of nitrogens with zero attached hydrogens (tertiary/aromatic N) is 6.